The molecule has 0 aliphatic rings. The van der Waals surface area contributed by atoms with E-state index in [0.29, 0.717) is 0 Å². The molecule has 0 bridgehead atoms. The Hall–Kier alpha value is -3.11. The topological polar surface area (TPSA) is 76.3 Å². The van der Waals surface area contributed by atoms with Crippen molar-refractivity contribution in [2.24, 2.45) is 5.92 Å². The van der Waals surface area contributed by atoms with E-state index in [9.17, 15) is 10.5 Å². The van der Waals surface area contributed by atoms with E-state index in [-0.39, 0.29) is 5.92 Å². The van der Waals surface area contributed by atoms with Crippen LogP contribution in [0.4, 0.5) is 0 Å². The number of H-pyrrole nitrogens is 1. The SMILES string of the molecule is Cc1[nH]c2ccccc2c1C(c1cccnc1)C(C#N)C#N. The second-order valence-corrected chi connectivity index (χ2v) is 5.21. The van der Waals surface area contributed by atoms with Gasteiger partial charge in [0.25, 0.3) is 0 Å². The van der Waals surface area contributed by atoms with Gasteiger partial charge < -0.3 is 4.98 Å². The van der Waals surface area contributed by atoms with E-state index in [1.54, 1.807) is 12.4 Å². The molecule has 106 valence electrons. The number of fused-ring (bicyclic) bond motifs is 1. The molecule has 2 heterocycles. The summed E-state index contributed by atoms with van der Waals surface area (Å²) in [6, 6.07) is 16.0. The van der Waals surface area contributed by atoms with Gasteiger partial charge in [-0.25, -0.2) is 0 Å². The van der Waals surface area contributed by atoms with Gasteiger partial charge >= 0.3 is 0 Å². The lowest BCUT2D eigenvalue weighted by molar-refractivity contribution is 0.706. The van der Waals surface area contributed by atoms with Gasteiger partial charge in [0.1, 0.15) is 5.92 Å². The first kappa shape index (κ1) is 13.9. The van der Waals surface area contributed by atoms with Gasteiger partial charge in [0.2, 0.25) is 0 Å². The van der Waals surface area contributed by atoms with Crippen molar-refractivity contribution in [1.82, 2.24) is 9.97 Å². The van der Waals surface area contributed by atoms with E-state index >= 15 is 0 Å². The summed E-state index contributed by atoms with van der Waals surface area (Å²) in [5.74, 6) is -1.08. The molecule has 0 saturated heterocycles. The minimum absolute atomic E-state index is 0.320. The largest absolute Gasteiger partial charge is 0.358 e. The van der Waals surface area contributed by atoms with Crippen LogP contribution in [0.1, 0.15) is 22.7 Å². The van der Waals surface area contributed by atoms with E-state index in [0.717, 1.165) is 27.7 Å². The van der Waals surface area contributed by atoms with Gasteiger partial charge in [0.15, 0.2) is 0 Å². The first-order valence-corrected chi connectivity index (χ1v) is 7.02. The molecule has 3 rings (SSSR count). The zero-order valence-corrected chi connectivity index (χ0v) is 12.1. The second kappa shape index (κ2) is 5.71. The number of pyridine rings is 1. The van der Waals surface area contributed by atoms with Crippen LogP contribution in [0.25, 0.3) is 10.9 Å². The maximum absolute atomic E-state index is 9.42. The lowest BCUT2D eigenvalue weighted by Gasteiger charge is -2.18. The van der Waals surface area contributed by atoms with E-state index in [1.165, 1.54) is 0 Å². The van der Waals surface area contributed by atoms with Gasteiger partial charge in [-0.3, -0.25) is 4.98 Å². The quantitative estimate of drug-likeness (QED) is 0.798. The summed E-state index contributed by atoms with van der Waals surface area (Å²) in [5.41, 5.74) is 3.87. The molecule has 0 radical (unpaired) electrons. The molecule has 3 aromatic rings. The normalized spacial score (nSPS) is 12.0. The van der Waals surface area contributed by atoms with Crippen LogP contribution >= 0.6 is 0 Å². The highest BCUT2D eigenvalue weighted by molar-refractivity contribution is 5.85. The molecule has 1 aromatic carbocycles. The lowest BCUT2D eigenvalue weighted by atomic mass is 9.81. The number of nitrogens with zero attached hydrogens (tertiary/aromatic N) is 3. The van der Waals surface area contributed by atoms with E-state index < -0.39 is 5.92 Å². The van der Waals surface area contributed by atoms with Crippen LogP contribution in [0.2, 0.25) is 0 Å². The highest BCUT2D eigenvalue weighted by atomic mass is 14.7. The summed E-state index contributed by atoms with van der Waals surface area (Å²) in [5, 5.41) is 19.9. The third kappa shape index (κ3) is 2.21. The summed E-state index contributed by atoms with van der Waals surface area (Å²) in [6.45, 7) is 1.98. The van der Waals surface area contributed by atoms with Crippen LogP contribution < -0.4 is 0 Å². The molecule has 0 saturated carbocycles. The molecular weight excluding hydrogens is 272 g/mol. The van der Waals surface area contributed by atoms with Crippen LogP contribution in [-0.4, -0.2) is 9.97 Å². The first-order valence-electron chi connectivity index (χ1n) is 7.02. The molecule has 0 fully saturated rings. The molecule has 2 aromatic heterocycles. The average Bonchev–Trinajstić information content (AvgIpc) is 2.89. The standard InChI is InChI=1S/C18H14N4/c1-12-17(15-6-2-3-7-16(15)22-12)18(14(9-19)10-20)13-5-4-8-21-11-13/h2-8,11,14,18,22H,1H3. The van der Waals surface area contributed by atoms with Gasteiger partial charge in [-0.05, 0) is 30.2 Å². The zero-order chi connectivity index (χ0) is 15.5. The second-order valence-electron chi connectivity index (χ2n) is 5.21. The Balaban J connectivity index is 2.28. The third-order valence-electron chi connectivity index (χ3n) is 3.91. The number of para-hydroxylation sites is 1. The predicted molar refractivity (Wildman–Crippen MR) is 83.8 cm³/mol. The zero-order valence-electron chi connectivity index (χ0n) is 12.1. The number of hydrogen-bond acceptors (Lipinski definition) is 3. The van der Waals surface area contributed by atoms with Gasteiger partial charge in [-0.1, -0.05) is 24.3 Å². The minimum Gasteiger partial charge on any atom is -0.358 e. The van der Waals surface area contributed by atoms with Crippen LogP contribution in [0.3, 0.4) is 0 Å². The highest BCUT2D eigenvalue weighted by Gasteiger charge is 2.29. The molecule has 1 unspecified atom stereocenters. The third-order valence-corrected chi connectivity index (χ3v) is 3.91. The Labute approximate surface area is 128 Å². The fraction of sp³-hybridized carbons (Fsp3) is 0.167. The highest BCUT2D eigenvalue weighted by Crippen LogP contribution is 2.37. The molecule has 0 amide bonds. The summed E-state index contributed by atoms with van der Waals surface area (Å²) >= 11 is 0. The fourth-order valence-electron chi connectivity index (χ4n) is 2.96. The number of benzene rings is 1. The lowest BCUT2D eigenvalue weighted by Crippen LogP contribution is -2.12. The number of aromatic nitrogens is 2. The van der Waals surface area contributed by atoms with Gasteiger partial charge in [0, 0.05) is 34.9 Å². The van der Waals surface area contributed by atoms with E-state index in [1.807, 2.05) is 43.3 Å². The maximum atomic E-state index is 9.42. The van der Waals surface area contributed by atoms with Crippen LogP contribution in [0, 0.1) is 35.5 Å². The number of nitriles is 2. The molecule has 0 spiro atoms. The summed E-state index contributed by atoms with van der Waals surface area (Å²) in [7, 11) is 0. The van der Waals surface area contributed by atoms with Gasteiger partial charge in [-0.15, -0.1) is 0 Å². The van der Waals surface area contributed by atoms with Crippen LogP contribution in [0.5, 0.6) is 0 Å². The van der Waals surface area contributed by atoms with Crippen molar-refractivity contribution in [3.63, 3.8) is 0 Å². The molecule has 1 N–H and O–H groups in total. The Kier molecular flexibility index (Phi) is 3.60. The Morgan fingerprint density at radius 3 is 2.55 bits per heavy atom. The van der Waals surface area contributed by atoms with Crippen molar-refractivity contribution in [3.8, 4) is 12.1 Å². The summed E-state index contributed by atoms with van der Waals surface area (Å²) < 4.78 is 0. The molecule has 4 nitrogen and oxygen atoms in total. The van der Waals surface area contributed by atoms with Crippen LogP contribution in [0.15, 0.2) is 48.8 Å². The molecule has 0 aliphatic carbocycles. The summed E-state index contributed by atoms with van der Waals surface area (Å²) in [4.78, 5) is 7.49. The van der Waals surface area contributed by atoms with Gasteiger partial charge in [-0.2, -0.15) is 10.5 Å². The molecule has 4 heteroatoms. The van der Waals surface area contributed by atoms with Crippen molar-refractivity contribution >= 4 is 10.9 Å². The summed E-state index contributed by atoms with van der Waals surface area (Å²) in [6.07, 6.45) is 3.42. The minimum atomic E-state index is -0.762. The Bertz CT molecular complexity index is 867. The van der Waals surface area contributed by atoms with E-state index in [4.69, 9.17) is 0 Å². The van der Waals surface area contributed by atoms with Crippen molar-refractivity contribution in [2.75, 3.05) is 0 Å². The fourth-order valence-corrected chi connectivity index (χ4v) is 2.96. The molecular formula is C18H14N4. The number of aromatic amines is 1. The molecule has 22 heavy (non-hydrogen) atoms. The average molecular weight is 286 g/mol. The van der Waals surface area contributed by atoms with Crippen molar-refractivity contribution in [3.05, 3.63) is 65.6 Å². The van der Waals surface area contributed by atoms with Crippen LogP contribution in [-0.2, 0) is 0 Å². The van der Waals surface area contributed by atoms with Crippen molar-refractivity contribution < 1.29 is 0 Å². The first-order chi connectivity index (χ1) is 10.8. The predicted octanol–water partition coefficient (Wildman–Crippen LogP) is 3.67. The number of nitrogens with one attached hydrogen (secondary N) is 1. The van der Waals surface area contributed by atoms with Crippen molar-refractivity contribution in [1.29, 1.82) is 10.5 Å². The number of rotatable bonds is 3. The number of aryl methyl sites for hydroxylation is 1. The molecule has 1 atom stereocenters. The van der Waals surface area contributed by atoms with E-state index in [2.05, 4.69) is 22.1 Å². The molecule has 0 aliphatic heterocycles. The smallest absolute Gasteiger partial charge is 0.144 e. The van der Waals surface area contributed by atoms with Gasteiger partial charge in [0.05, 0.1) is 12.1 Å². The monoisotopic (exact) mass is 286 g/mol. The maximum Gasteiger partial charge on any atom is 0.144 e. The number of hydrogen-bond donors (Lipinski definition) is 1. The van der Waals surface area contributed by atoms with Crippen molar-refractivity contribution in [2.45, 2.75) is 12.8 Å². The Morgan fingerprint density at radius 1 is 1.09 bits per heavy atom. The Morgan fingerprint density at radius 2 is 1.86 bits per heavy atom.